The molecular weight excluding hydrogens is 436 g/mol. The molecule has 160 valence electrons. The van der Waals surface area contributed by atoms with Gasteiger partial charge in [0.2, 0.25) is 0 Å². The summed E-state index contributed by atoms with van der Waals surface area (Å²) in [6.45, 7) is 1.75. The van der Waals surface area contributed by atoms with Gasteiger partial charge in [-0.3, -0.25) is 9.52 Å². The Labute approximate surface area is 186 Å². The molecule has 9 heteroatoms. The number of carbonyl (C=O) groups is 1. The molecule has 1 amide bonds. The average molecular weight is 457 g/mol. The Hall–Kier alpha value is -3.10. The van der Waals surface area contributed by atoms with Crippen LogP contribution in [0, 0.1) is 0 Å². The van der Waals surface area contributed by atoms with Gasteiger partial charge in [0.25, 0.3) is 15.9 Å². The molecule has 0 atom stereocenters. The van der Waals surface area contributed by atoms with E-state index in [1.54, 1.807) is 54.7 Å². The highest BCUT2D eigenvalue weighted by molar-refractivity contribution is 7.92. The number of benzene rings is 2. The lowest BCUT2D eigenvalue weighted by Crippen LogP contribution is -2.24. The zero-order chi connectivity index (χ0) is 21.8. The van der Waals surface area contributed by atoms with Crippen LogP contribution < -0.4 is 14.9 Å². The van der Waals surface area contributed by atoms with Crippen LogP contribution in [0.3, 0.4) is 0 Å². The van der Waals surface area contributed by atoms with Crippen molar-refractivity contribution in [3.63, 3.8) is 0 Å². The molecule has 31 heavy (non-hydrogen) atoms. The Morgan fingerprint density at radius 2 is 1.68 bits per heavy atom. The summed E-state index contributed by atoms with van der Waals surface area (Å²) >= 11 is 6.04. The molecule has 3 aromatic rings. The van der Waals surface area contributed by atoms with Gasteiger partial charge in [-0.1, -0.05) is 23.7 Å². The number of carbonyl (C=O) groups excluding carboxylic acids is 1. The van der Waals surface area contributed by atoms with Crippen molar-refractivity contribution in [1.29, 1.82) is 0 Å². The lowest BCUT2D eigenvalue weighted by molar-refractivity contribution is 0.102. The summed E-state index contributed by atoms with van der Waals surface area (Å²) in [6.07, 6.45) is 3.83. The normalized spacial score (nSPS) is 13.8. The molecule has 4 rings (SSSR count). The van der Waals surface area contributed by atoms with Crippen LogP contribution in [0.5, 0.6) is 0 Å². The lowest BCUT2D eigenvalue weighted by Gasteiger charge is -2.19. The first-order chi connectivity index (χ1) is 14.9. The largest absolute Gasteiger partial charge is 0.356 e. The molecule has 0 aliphatic carbocycles. The predicted octanol–water partition coefficient (Wildman–Crippen LogP) is 4.39. The van der Waals surface area contributed by atoms with Gasteiger partial charge in [0.1, 0.15) is 5.82 Å². The molecule has 1 aromatic heterocycles. The molecule has 0 spiro atoms. The van der Waals surface area contributed by atoms with Crippen LogP contribution in [0.15, 0.2) is 71.8 Å². The van der Waals surface area contributed by atoms with E-state index in [0.29, 0.717) is 27.8 Å². The van der Waals surface area contributed by atoms with Crippen molar-refractivity contribution in [2.45, 2.75) is 17.7 Å². The second kappa shape index (κ2) is 8.95. The van der Waals surface area contributed by atoms with Crippen LogP contribution in [0.1, 0.15) is 23.2 Å². The van der Waals surface area contributed by atoms with Gasteiger partial charge in [0, 0.05) is 25.0 Å². The Morgan fingerprint density at radius 1 is 0.968 bits per heavy atom. The number of sulfonamides is 1. The number of nitrogens with one attached hydrogen (secondary N) is 2. The highest BCUT2D eigenvalue weighted by Gasteiger charge is 2.21. The van der Waals surface area contributed by atoms with Crippen LogP contribution in [0.2, 0.25) is 5.02 Å². The van der Waals surface area contributed by atoms with Crippen molar-refractivity contribution in [3.05, 3.63) is 77.4 Å². The minimum Gasteiger partial charge on any atom is -0.356 e. The fourth-order valence-electron chi connectivity index (χ4n) is 3.42. The monoisotopic (exact) mass is 456 g/mol. The van der Waals surface area contributed by atoms with E-state index in [2.05, 4.69) is 19.9 Å². The summed E-state index contributed by atoms with van der Waals surface area (Å²) in [5.41, 5.74) is 1.27. The van der Waals surface area contributed by atoms with Crippen LogP contribution in [-0.4, -0.2) is 32.4 Å². The fraction of sp³-hybridized carbons (Fsp3) is 0.182. The van der Waals surface area contributed by atoms with Crippen molar-refractivity contribution in [2.24, 2.45) is 0 Å². The third-order valence-corrected chi connectivity index (χ3v) is 6.69. The van der Waals surface area contributed by atoms with Gasteiger partial charge in [0.15, 0.2) is 0 Å². The number of halogens is 1. The molecule has 0 bridgehead atoms. The van der Waals surface area contributed by atoms with E-state index in [0.717, 1.165) is 25.9 Å². The molecule has 1 aliphatic rings. The Morgan fingerprint density at radius 3 is 2.39 bits per heavy atom. The highest BCUT2D eigenvalue weighted by atomic mass is 35.5. The van der Waals surface area contributed by atoms with E-state index >= 15 is 0 Å². The smallest absolute Gasteiger partial charge is 0.261 e. The quantitative estimate of drug-likeness (QED) is 0.574. The maximum atomic E-state index is 12.8. The number of pyridine rings is 1. The molecule has 0 unspecified atom stereocenters. The van der Waals surface area contributed by atoms with Crippen LogP contribution in [0.4, 0.5) is 17.2 Å². The number of amides is 1. The minimum absolute atomic E-state index is 0.0598. The van der Waals surface area contributed by atoms with E-state index in [-0.39, 0.29) is 10.8 Å². The maximum Gasteiger partial charge on any atom is 0.261 e. The van der Waals surface area contributed by atoms with Crippen molar-refractivity contribution in [3.8, 4) is 0 Å². The van der Waals surface area contributed by atoms with Gasteiger partial charge >= 0.3 is 0 Å². The summed E-state index contributed by atoms with van der Waals surface area (Å²) in [4.78, 5) is 19.4. The first kappa shape index (κ1) is 21.1. The SMILES string of the molecule is O=C(Nc1ccc(S(=O)(=O)Nc2ccccc2Cl)cc1)c1cccnc1N1CCCC1. The Balaban J connectivity index is 1.49. The van der Waals surface area contributed by atoms with E-state index in [1.165, 1.54) is 12.1 Å². The van der Waals surface area contributed by atoms with Gasteiger partial charge < -0.3 is 10.2 Å². The van der Waals surface area contributed by atoms with Gasteiger partial charge in [-0.25, -0.2) is 13.4 Å². The molecule has 2 aromatic carbocycles. The molecule has 7 nitrogen and oxygen atoms in total. The molecule has 1 fully saturated rings. The van der Waals surface area contributed by atoms with E-state index in [4.69, 9.17) is 11.6 Å². The van der Waals surface area contributed by atoms with Crippen LogP contribution in [-0.2, 0) is 10.0 Å². The number of anilines is 3. The Kier molecular flexibility index (Phi) is 6.11. The summed E-state index contributed by atoms with van der Waals surface area (Å²) in [5.74, 6) is 0.375. The number of hydrogen-bond donors (Lipinski definition) is 2. The third kappa shape index (κ3) is 4.81. The van der Waals surface area contributed by atoms with Crippen molar-refractivity contribution in [2.75, 3.05) is 28.0 Å². The minimum atomic E-state index is -3.81. The molecule has 0 radical (unpaired) electrons. The summed E-state index contributed by atoms with van der Waals surface area (Å²) in [6, 6.07) is 16.0. The number of nitrogens with zero attached hydrogens (tertiary/aromatic N) is 2. The van der Waals surface area contributed by atoms with Gasteiger partial charge in [-0.15, -0.1) is 0 Å². The van der Waals surface area contributed by atoms with Crippen LogP contribution in [0.25, 0.3) is 0 Å². The molecule has 2 heterocycles. The fourth-order valence-corrected chi connectivity index (χ4v) is 4.74. The third-order valence-electron chi connectivity index (χ3n) is 4.98. The van der Waals surface area contributed by atoms with Gasteiger partial charge in [0.05, 0.1) is 21.2 Å². The van der Waals surface area contributed by atoms with Gasteiger partial charge in [-0.2, -0.15) is 0 Å². The van der Waals surface area contributed by atoms with Crippen molar-refractivity contribution < 1.29 is 13.2 Å². The lowest BCUT2D eigenvalue weighted by atomic mass is 10.2. The summed E-state index contributed by atoms with van der Waals surface area (Å²) < 4.78 is 27.7. The summed E-state index contributed by atoms with van der Waals surface area (Å²) in [7, 11) is -3.81. The number of rotatable bonds is 6. The number of aromatic nitrogens is 1. The molecule has 1 saturated heterocycles. The number of hydrogen-bond acceptors (Lipinski definition) is 5. The second-order valence-electron chi connectivity index (χ2n) is 7.13. The van der Waals surface area contributed by atoms with E-state index < -0.39 is 10.0 Å². The Bertz CT molecular complexity index is 1190. The maximum absolute atomic E-state index is 12.8. The van der Waals surface area contributed by atoms with E-state index in [9.17, 15) is 13.2 Å². The first-order valence-electron chi connectivity index (χ1n) is 9.83. The zero-order valence-corrected chi connectivity index (χ0v) is 18.2. The molecule has 1 aliphatic heterocycles. The molecular formula is C22H21ClN4O3S. The number of para-hydroxylation sites is 1. The first-order valence-corrected chi connectivity index (χ1v) is 11.7. The van der Waals surface area contributed by atoms with Gasteiger partial charge in [-0.05, 0) is 61.4 Å². The standard InChI is InChI=1S/C22H21ClN4O3S/c23-19-7-1-2-8-20(19)26-31(29,30)17-11-9-16(10-12-17)25-22(28)18-6-5-13-24-21(18)27-14-3-4-15-27/h1-2,5-13,26H,3-4,14-15H2,(H,25,28). The van der Waals surface area contributed by atoms with Crippen molar-refractivity contribution in [1.82, 2.24) is 4.98 Å². The molecule has 2 N–H and O–H groups in total. The van der Waals surface area contributed by atoms with Crippen LogP contribution >= 0.6 is 11.6 Å². The zero-order valence-electron chi connectivity index (χ0n) is 16.6. The predicted molar refractivity (Wildman–Crippen MR) is 122 cm³/mol. The molecule has 0 saturated carbocycles. The summed E-state index contributed by atoms with van der Waals surface area (Å²) in [5, 5.41) is 3.12. The van der Waals surface area contributed by atoms with Crippen molar-refractivity contribution >= 4 is 44.7 Å². The highest BCUT2D eigenvalue weighted by Crippen LogP contribution is 2.26. The average Bonchev–Trinajstić information content (AvgIpc) is 3.30. The van der Waals surface area contributed by atoms with E-state index in [1.807, 2.05) is 0 Å². The topological polar surface area (TPSA) is 91.4 Å². The second-order valence-corrected chi connectivity index (χ2v) is 9.22.